The van der Waals surface area contributed by atoms with Gasteiger partial charge >= 0.3 is 0 Å². The van der Waals surface area contributed by atoms with Crippen LogP contribution in [0.15, 0.2) is 60.7 Å². The first-order valence-corrected chi connectivity index (χ1v) is 7.67. The topological polar surface area (TPSA) is 32.3 Å². The molecule has 0 saturated heterocycles. The maximum atomic E-state index is 9.75. The van der Waals surface area contributed by atoms with E-state index in [-0.39, 0.29) is 18.7 Å². The van der Waals surface area contributed by atoms with Crippen molar-refractivity contribution in [3.8, 4) is 0 Å². The molecule has 2 atom stereocenters. The second-order valence-electron chi connectivity index (χ2n) is 5.91. The van der Waals surface area contributed by atoms with E-state index in [1.54, 1.807) is 0 Å². The lowest BCUT2D eigenvalue weighted by atomic mass is 9.95. The number of hydrogen-bond acceptors (Lipinski definition) is 2. The fourth-order valence-electron chi connectivity index (χ4n) is 2.64. The molecule has 0 spiro atoms. The van der Waals surface area contributed by atoms with Gasteiger partial charge in [-0.1, -0.05) is 74.5 Å². The summed E-state index contributed by atoms with van der Waals surface area (Å²) in [6.07, 6.45) is 1.05. The highest BCUT2D eigenvalue weighted by molar-refractivity contribution is 5.22. The molecule has 2 rings (SSSR count). The van der Waals surface area contributed by atoms with Crippen LogP contribution in [0.4, 0.5) is 0 Å². The highest BCUT2D eigenvalue weighted by Gasteiger charge is 2.18. The molecular formula is C19H25NO. The van der Waals surface area contributed by atoms with Crippen molar-refractivity contribution in [3.05, 3.63) is 71.8 Å². The van der Waals surface area contributed by atoms with Crippen LogP contribution in [-0.4, -0.2) is 11.7 Å². The molecule has 0 fully saturated rings. The van der Waals surface area contributed by atoms with Crippen LogP contribution in [0, 0.1) is 5.92 Å². The van der Waals surface area contributed by atoms with Gasteiger partial charge in [0, 0.05) is 6.04 Å². The number of nitrogens with one attached hydrogen (secondary N) is 1. The third-order valence-electron chi connectivity index (χ3n) is 3.70. The van der Waals surface area contributed by atoms with E-state index in [1.807, 2.05) is 24.3 Å². The molecule has 112 valence electrons. The number of rotatable bonds is 7. The number of hydrogen-bond donors (Lipinski definition) is 2. The number of aliphatic hydroxyl groups excluding tert-OH is 1. The molecule has 2 heteroatoms. The van der Waals surface area contributed by atoms with Crippen LogP contribution in [0.2, 0.25) is 0 Å². The van der Waals surface area contributed by atoms with Crippen LogP contribution >= 0.6 is 0 Å². The standard InChI is InChI=1S/C19H25NO/c1-15(2)13-18(16-9-5-3-6-10-16)20-19(14-21)17-11-7-4-8-12-17/h3-12,15,18-21H,13-14H2,1-2H3/t18?,19-/m1/s1. The van der Waals surface area contributed by atoms with Crippen LogP contribution in [0.3, 0.4) is 0 Å². The normalized spacial score (nSPS) is 14.1. The molecule has 0 aliphatic rings. The van der Waals surface area contributed by atoms with Crippen LogP contribution in [0.25, 0.3) is 0 Å². The average Bonchev–Trinajstić information content (AvgIpc) is 2.52. The Morgan fingerprint density at radius 2 is 1.29 bits per heavy atom. The van der Waals surface area contributed by atoms with E-state index >= 15 is 0 Å². The summed E-state index contributed by atoms with van der Waals surface area (Å²) in [5, 5.41) is 13.4. The van der Waals surface area contributed by atoms with Crippen molar-refractivity contribution in [1.82, 2.24) is 5.32 Å². The zero-order chi connectivity index (χ0) is 15.1. The van der Waals surface area contributed by atoms with Gasteiger partial charge in [-0.2, -0.15) is 0 Å². The molecule has 0 bridgehead atoms. The third kappa shape index (κ3) is 4.69. The lowest BCUT2D eigenvalue weighted by Crippen LogP contribution is -2.29. The summed E-state index contributed by atoms with van der Waals surface area (Å²) < 4.78 is 0. The Balaban J connectivity index is 2.17. The first-order valence-electron chi connectivity index (χ1n) is 7.67. The summed E-state index contributed by atoms with van der Waals surface area (Å²) in [4.78, 5) is 0. The lowest BCUT2D eigenvalue weighted by Gasteiger charge is -2.27. The van der Waals surface area contributed by atoms with Gasteiger partial charge in [0.15, 0.2) is 0 Å². The molecule has 0 saturated carbocycles. The Morgan fingerprint density at radius 3 is 1.71 bits per heavy atom. The minimum atomic E-state index is -0.0323. The largest absolute Gasteiger partial charge is 0.394 e. The molecule has 2 nitrogen and oxygen atoms in total. The van der Waals surface area contributed by atoms with Gasteiger partial charge in [0.2, 0.25) is 0 Å². The molecule has 2 aromatic rings. The van der Waals surface area contributed by atoms with E-state index in [9.17, 15) is 5.11 Å². The SMILES string of the molecule is CC(C)CC(N[C@H](CO)c1ccccc1)c1ccccc1. The van der Waals surface area contributed by atoms with Gasteiger partial charge < -0.3 is 10.4 Å². The third-order valence-corrected chi connectivity index (χ3v) is 3.70. The van der Waals surface area contributed by atoms with Crippen molar-refractivity contribution in [3.63, 3.8) is 0 Å². The number of benzene rings is 2. The van der Waals surface area contributed by atoms with E-state index in [0.29, 0.717) is 5.92 Å². The minimum absolute atomic E-state index is 0.0323. The molecule has 0 aliphatic heterocycles. The Hall–Kier alpha value is -1.64. The van der Waals surface area contributed by atoms with Gasteiger partial charge in [0.05, 0.1) is 12.6 Å². The van der Waals surface area contributed by atoms with Gasteiger partial charge in [-0.3, -0.25) is 0 Å². The fourth-order valence-corrected chi connectivity index (χ4v) is 2.64. The summed E-state index contributed by atoms with van der Waals surface area (Å²) in [6.45, 7) is 4.56. The first-order chi connectivity index (χ1) is 10.2. The van der Waals surface area contributed by atoms with Crippen molar-refractivity contribution >= 4 is 0 Å². The summed E-state index contributed by atoms with van der Waals surface area (Å²) in [6, 6.07) is 20.9. The van der Waals surface area contributed by atoms with Crippen LogP contribution in [0.5, 0.6) is 0 Å². The van der Waals surface area contributed by atoms with Gasteiger partial charge in [-0.05, 0) is 23.5 Å². The maximum Gasteiger partial charge on any atom is 0.0626 e. The lowest BCUT2D eigenvalue weighted by molar-refractivity contribution is 0.227. The van der Waals surface area contributed by atoms with Gasteiger partial charge in [0.25, 0.3) is 0 Å². The maximum absolute atomic E-state index is 9.75. The van der Waals surface area contributed by atoms with Gasteiger partial charge in [0.1, 0.15) is 0 Å². The summed E-state index contributed by atoms with van der Waals surface area (Å²) >= 11 is 0. The molecule has 0 aliphatic carbocycles. The zero-order valence-electron chi connectivity index (χ0n) is 12.9. The second kappa shape index (κ2) is 7.96. The summed E-state index contributed by atoms with van der Waals surface area (Å²) in [5.74, 6) is 0.595. The monoisotopic (exact) mass is 283 g/mol. The Labute approximate surface area is 127 Å². The Bertz CT molecular complexity index is 510. The van der Waals surface area contributed by atoms with Crippen LogP contribution in [0.1, 0.15) is 43.5 Å². The highest BCUT2D eigenvalue weighted by atomic mass is 16.3. The summed E-state index contributed by atoms with van der Waals surface area (Å²) in [5.41, 5.74) is 2.41. The molecule has 0 aromatic heterocycles. The van der Waals surface area contributed by atoms with Crippen LogP contribution in [-0.2, 0) is 0 Å². The van der Waals surface area contributed by atoms with Crippen molar-refractivity contribution in [2.24, 2.45) is 5.92 Å². The van der Waals surface area contributed by atoms with E-state index < -0.39 is 0 Å². The van der Waals surface area contributed by atoms with E-state index in [4.69, 9.17) is 0 Å². The van der Waals surface area contributed by atoms with Gasteiger partial charge in [-0.15, -0.1) is 0 Å². The van der Waals surface area contributed by atoms with E-state index in [1.165, 1.54) is 5.56 Å². The molecule has 0 radical (unpaired) electrons. The van der Waals surface area contributed by atoms with E-state index in [2.05, 4.69) is 55.6 Å². The minimum Gasteiger partial charge on any atom is -0.394 e. The summed E-state index contributed by atoms with van der Waals surface area (Å²) in [7, 11) is 0. The Kier molecular flexibility index (Phi) is 5.97. The Morgan fingerprint density at radius 1 is 0.810 bits per heavy atom. The van der Waals surface area contributed by atoms with Crippen molar-refractivity contribution in [2.45, 2.75) is 32.4 Å². The molecule has 2 aromatic carbocycles. The van der Waals surface area contributed by atoms with Crippen LogP contribution < -0.4 is 5.32 Å². The predicted molar refractivity (Wildman–Crippen MR) is 88.0 cm³/mol. The molecule has 0 heterocycles. The van der Waals surface area contributed by atoms with Crippen molar-refractivity contribution in [1.29, 1.82) is 0 Å². The zero-order valence-corrected chi connectivity index (χ0v) is 12.9. The van der Waals surface area contributed by atoms with E-state index in [0.717, 1.165) is 12.0 Å². The molecule has 21 heavy (non-hydrogen) atoms. The molecule has 0 amide bonds. The predicted octanol–water partition coefficient (Wildman–Crippen LogP) is 4.10. The second-order valence-corrected chi connectivity index (χ2v) is 5.91. The first kappa shape index (κ1) is 15.7. The van der Waals surface area contributed by atoms with Crippen molar-refractivity contribution in [2.75, 3.05) is 6.61 Å². The molecule has 2 N–H and O–H groups in total. The molecule has 1 unspecified atom stereocenters. The quantitative estimate of drug-likeness (QED) is 0.802. The smallest absolute Gasteiger partial charge is 0.0626 e. The average molecular weight is 283 g/mol. The molecular weight excluding hydrogens is 258 g/mol. The van der Waals surface area contributed by atoms with Gasteiger partial charge in [-0.25, -0.2) is 0 Å². The number of aliphatic hydroxyl groups is 1. The fraction of sp³-hybridized carbons (Fsp3) is 0.368. The van der Waals surface area contributed by atoms with Crippen molar-refractivity contribution < 1.29 is 5.11 Å². The highest BCUT2D eigenvalue weighted by Crippen LogP contribution is 2.25.